The van der Waals surface area contributed by atoms with Crippen LogP contribution in [0.25, 0.3) is 0 Å². The third kappa shape index (κ3) is 6.47. The van der Waals surface area contributed by atoms with E-state index < -0.39 is 11.7 Å². The van der Waals surface area contributed by atoms with Gasteiger partial charge >= 0.3 is 12.1 Å². The Bertz CT molecular complexity index is 535. The number of nitrogens with two attached hydrogens (primary N) is 1. The number of nitrogens with one attached hydrogen (secondary N) is 1. The lowest BCUT2D eigenvalue weighted by Gasteiger charge is -2.19. The van der Waals surface area contributed by atoms with Crippen LogP contribution in [0, 0.1) is 0 Å². The Morgan fingerprint density at radius 2 is 1.95 bits per heavy atom. The molecule has 0 spiro atoms. The highest BCUT2D eigenvalue weighted by molar-refractivity contribution is 5.70. The van der Waals surface area contributed by atoms with Gasteiger partial charge in [0.2, 0.25) is 0 Å². The molecule has 122 valence electrons. The molecule has 6 nitrogen and oxygen atoms in total. The van der Waals surface area contributed by atoms with Crippen LogP contribution in [-0.4, -0.2) is 24.8 Å². The van der Waals surface area contributed by atoms with Crippen LogP contribution in [0.4, 0.5) is 10.5 Å². The minimum atomic E-state index is -0.531. The van der Waals surface area contributed by atoms with Crippen LogP contribution < -0.4 is 11.1 Å². The molecule has 0 heterocycles. The van der Waals surface area contributed by atoms with E-state index in [1.165, 1.54) is 7.11 Å². The van der Waals surface area contributed by atoms with Crippen molar-refractivity contribution in [2.75, 3.05) is 12.8 Å². The molecule has 0 radical (unpaired) electrons. The summed E-state index contributed by atoms with van der Waals surface area (Å²) in [5.74, 6) is -0.281. The summed E-state index contributed by atoms with van der Waals surface area (Å²) in [6.45, 7) is 5.75. The van der Waals surface area contributed by atoms with Crippen molar-refractivity contribution in [1.29, 1.82) is 0 Å². The molecule has 0 aliphatic rings. The van der Waals surface area contributed by atoms with E-state index in [0.717, 1.165) is 11.1 Å². The molecule has 0 aliphatic heterocycles. The highest BCUT2D eigenvalue weighted by atomic mass is 16.6. The lowest BCUT2D eigenvalue weighted by atomic mass is 10.0. The summed E-state index contributed by atoms with van der Waals surface area (Å²) >= 11 is 0. The fraction of sp³-hybridized carbons (Fsp3) is 0.500. The van der Waals surface area contributed by atoms with Gasteiger partial charge in [0.15, 0.2) is 0 Å². The molecule has 6 heteroatoms. The average molecular weight is 308 g/mol. The number of ether oxygens (including phenoxy) is 2. The molecular formula is C16H24N2O4. The summed E-state index contributed by atoms with van der Waals surface area (Å²) in [5, 5.41) is 2.68. The van der Waals surface area contributed by atoms with Crippen LogP contribution in [0.5, 0.6) is 0 Å². The van der Waals surface area contributed by atoms with Gasteiger partial charge in [-0.05, 0) is 44.4 Å². The number of nitrogen functional groups attached to an aromatic ring is 1. The summed E-state index contributed by atoms with van der Waals surface area (Å²) in [6, 6.07) is 5.46. The van der Waals surface area contributed by atoms with Gasteiger partial charge in [-0.2, -0.15) is 0 Å². The van der Waals surface area contributed by atoms with Crippen LogP contribution in [0.3, 0.4) is 0 Å². The summed E-state index contributed by atoms with van der Waals surface area (Å²) < 4.78 is 9.79. The van der Waals surface area contributed by atoms with Crippen molar-refractivity contribution < 1.29 is 19.1 Å². The Hall–Kier alpha value is -2.24. The zero-order chi connectivity index (χ0) is 16.8. The maximum Gasteiger partial charge on any atom is 0.407 e. The molecule has 1 rings (SSSR count). The number of esters is 1. The predicted octanol–water partition coefficient (Wildman–Crippen LogP) is 2.40. The topological polar surface area (TPSA) is 90.6 Å². The van der Waals surface area contributed by atoms with Gasteiger partial charge in [0.1, 0.15) is 5.60 Å². The standard InChI is InChI=1S/C16H24N2O4/c1-16(2,3)22-15(20)18-10-11-5-7-13(17)12(9-11)6-8-14(19)21-4/h5,7,9H,6,8,10,17H2,1-4H3,(H,18,20). The molecule has 0 atom stereocenters. The fourth-order valence-electron chi connectivity index (χ4n) is 1.81. The second kappa shape index (κ2) is 7.68. The Labute approximate surface area is 131 Å². The highest BCUT2D eigenvalue weighted by Gasteiger charge is 2.15. The normalized spacial score (nSPS) is 10.9. The number of aryl methyl sites for hydroxylation is 1. The number of methoxy groups -OCH3 is 1. The smallest absolute Gasteiger partial charge is 0.407 e. The quantitative estimate of drug-likeness (QED) is 0.644. The van der Waals surface area contributed by atoms with Crippen molar-refractivity contribution in [3.8, 4) is 0 Å². The van der Waals surface area contributed by atoms with Crippen LogP contribution in [0.1, 0.15) is 38.3 Å². The lowest BCUT2D eigenvalue weighted by molar-refractivity contribution is -0.140. The van der Waals surface area contributed by atoms with E-state index in [0.29, 0.717) is 18.7 Å². The number of hydrogen-bond acceptors (Lipinski definition) is 5. The van der Waals surface area contributed by atoms with Gasteiger partial charge in [-0.25, -0.2) is 4.79 Å². The Balaban J connectivity index is 2.61. The monoisotopic (exact) mass is 308 g/mol. The van der Waals surface area contributed by atoms with E-state index in [1.54, 1.807) is 26.8 Å². The van der Waals surface area contributed by atoms with Gasteiger partial charge in [0.25, 0.3) is 0 Å². The second-order valence-electron chi connectivity index (χ2n) is 5.96. The zero-order valence-corrected chi connectivity index (χ0v) is 13.6. The predicted molar refractivity (Wildman–Crippen MR) is 84.3 cm³/mol. The Kier molecular flexibility index (Phi) is 6.22. The first-order valence-corrected chi connectivity index (χ1v) is 7.12. The molecule has 0 fully saturated rings. The number of carbonyl (C=O) groups is 2. The number of alkyl carbamates (subject to hydrolysis) is 1. The zero-order valence-electron chi connectivity index (χ0n) is 13.6. The van der Waals surface area contributed by atoms with E-state index in [1.807, 2.05) is 12.1 Å². The molecule has 1 aromatic carbocycles. The molecule has 0 aromatic heterocycles. The summed E-state index contributed by atoms with van der Waals surface area (Å²) in [4.78, 5) is 22.8. The molecule has 22 heavy (non-hydrogen) atoms. The maximum absolute atomic E-state index is 11.6. The van der Waals surface area contributed by atoms with Crippen molar-refractivity contribution in [3.05, 3.63) is 29.3 Å². The number of rotatable bonds is 5. The molecule has 0 bridgehead atoms. The molecule has 1 aromatic rings. The molecule has 0 saturated heterocycles. The molecule has 0 saturated carbocycles. The number of carbonyl (C=O) groups excluding carboxylic acids is 2. The number of anilines is 1. The van der Waals surface area contributed by atoms with Gasteiger partial charge < -0.3 is 20.5 Å². The summed E-state index contributed by atoms with van der Waals surface area (Å²) in [7, 11) is 1.35. The fourth-order valence-corrected chi connectivity index (χ4v) is 1.81. The maximum atomic E-state index is 11.6. The largest absolute Gasteiger partial charge is 0.469 e. The first-order chi connectivity index (χ1) is 10.2. The van der Waals surface area contributed by atoms with Crippen LogP contribution >= 0.6 is 0 Å². The molecule has 0 unspecified atom stereocenters. The third-order valence-electron chi connectivity index (χ3n) is 2.87. The SMILES string of the molecule is COC(=O)CCc1cc(CNC(=O)OC(C)(C)C)ccc1N. The Morgan fingerprint density at radius 3 is 2.55 bits per heavy atom. The molecule has 0 aliphatic carbocycles. The van der Waals surface area contributed by atoms with Gasteiger partial charge in [0, 0.05) is 18.7 Å². The first-order valence-electron chi connectivity index (χ1n) is 7.12. The van der Waals surface area contributed by atoms with Crippen LogP contribution in [0.2, 0.25) is 0 Å². The van der Waals surface area contributed by atoms with Gasteiger partial charge in [-0.15, -0.1) is 0 Å². The molecule has 1 amide bonds. The van der Waals surface area contributed by atoms with E-state index in [-0.39, 0.29) is 12.4 Å². The highest BCUT2D eigenvalue weighted by Crippen LogP contribution is 2.16. The summed E-state index contributed by atoms with van der Waals surface area (Å²) in [5.41, 5.74) is 7.72. The van der Waals surface area contributed by atoms with Crippen molar-refractivity contribution in [3.63, 3.8) is 0 Å². The van der Waals surface area contributed by atoms with E-state index in [2.05, 4.69) is 10.1 Å². The van der Waals surface area contributed by atoms with Crippen LogP contribution in [0.15, 0.2) is 18.2 Å². The number of hydrogen-bond donors (Lipinski definition) is 2. The average Bonchev–Trinajstić information content (AvgIpc) is 2.42. The second-order valence-corrected chi connectivity index (χ2v) is 5.96. The van der Waals surface area contributed by atoms with Gasteiger partial charge in [0.05, 0.1) is 7.11 Å². The third-order valence-corrected chi connectivity index (χ3v) is 2.87. The van der Waals surface area contributed by atoms with Crippen LogP contribution in [-0.2, 0) is 27.2 Å². The van der Waals surface area contributed by atoms with Gasteiger partial charge in [-0.3, -0.25) is 4.79 Å². The first kappa shape index (κ1) is 17.8. The number of benzene rings is 1. The molecule has 3 N–H and O–H groups in total. The lowest BCUT2D eigenvalue weighted by Crippen LogP contribution is -2.32. The van der Waals surface area contributed by atoms with Crippen molar-refractivity contribution in [2.24, 2.45) is 0 Å². The minimum Gasteiger partial charge on any atom is -0.469 e. The van der Waals surface area contributed by atoms with E-state index in [9.17, 15) is 9.59 Å². The van der Waals surface area contributed by atoms with E-state index >= 15 is 0 Å². The van der Waals surface area contributed by atoms with E-state index in [4.69, 9.17) is 10.5 Å². The Morgan fingerprint density at radius 1 is 1.27 bits per heavy atom. The van der Waals surface area contributed by atoms with Crippen molar-refractivity contribution in [2.45, 2.75) is 45.8 Å². The van der Waals surface area contributed by atoms with Crippen molar-refractivity contribution >= 4 is 17.7 Å². The molecular weight excluding hydrogens is 284 g/mol. The van der Waals surface area contributed by atoms with Crippen molar-refractivity contribution in [1.82, 2.24) is 5.32 Å². The summed E-state index contributed by atoms with van der Waals surface area (Å²) in [6.07, 6.45) is 0.294. The number of amides is 1. The van der Waals surface area contributed by atoms with Gasteiger partial charge in [-0.1, -0.05) is 12.1 Å². The minimum absolute atomic E-state index is 0.268.